The second-order valence-electron chi connectivity index (χ2n) is 4.04. The second-order valence-corrected chi connectivity index (χ2v) is 4.04. The molecule has 0 bridgehead atoms. The third kappa shape index (κ3) is 3.13. The first-order valence-corrected chi connectivity index (χ1v) is 6.06. The normalized spacial score (nSPS) is 10.2. The molecule has 2 aromatic rings. The van der Waals surface area contributed by atoms with Crippen LogP contribution in [0.2, 0.25) is 0 Å². The standard InChI is InChI=1S/C14H16N2O3/c1-3-18-13-6-4-5-12(9-17)14(13)19-10-11-7-15-16(2)8-11/h4-9H,3,10H2,1-2H3. The van der Waals surface area contributed by atoms with Crippen molar-refractivity contribution in [1.29, 1.82) is 0 Å². The number of aryl methyl sites for hydroxylation is 1. The molecule has 5 nitrogen and oxygen atoms in total. The summed E-state index contributed by atoms with van der Waals surface area (Å²) in [6.45, 7) is 2.75. The van der Waals surface area contributed by atoms with Gasteiger partial charge in [-0.15, -0.1) is 0 Å². The van der Waals surface area contributed by atoms with E-state index in [1.54, 1.807) is 29.1 Å². The molecular weight excluding hydrogens is 244 g/mol. The predicted octanol–water partition coefficient (Wildman–Crippen LogP) is 2.21. The van der Waals surface area contributed by atoms with Gasteiger partial charge in [-0.3, -0.25) is 9.48 Å². The van der Waals surface area contributed by atoms with E-state index in [0.717, 1.165) is 11.8 Å². The van der Waals surface area contributed by atoms with Crippen LogP contribution in [0.25, 0.3) is 0 Å². The third-order valence-electron chi connectivity index (χ3n) is 2.58. The van der Waals surface area contributed by atoms with Gasteiger partial charge in [0, 0.05) is 18.8 Å². The van der Waals surface area contributed by atoms with Gasteiger partial charge in [-0.2, -0.15) is 5.10 Å². The maximum Gasteiger partial charge on any atom is 0.172 e. The Morgan fingerprint density at radius 1 is 1.37 bits per heavy atom. The van der Waals surface area contributed by atoms with E-state index in [4.69, 9.17) is 9.47 Å². The first kappa shape index (κ1) is 13.1. The summed E-state index contributed by atoms with van der Waals surface area (Å²) >= 11 is 0. The van der Waals surface area contributed by atoms with Crippen molar-refractivity contribution in [2.75, 3.05) is 6.61 Å². The zero-order chi connectivity index (χ0) is 13.7. The van der Waals surface area contributed by atoms with E-state index < -0.39 is 0 Å². The number of hydrogen-bond acceptors (Lipinski definition) is 4. The number of ether oxygens (including phenoxy) is 2. The lowest BCUT2D eigenvalue weighted by molar-refractivity contribution is 0.111. The molecule has 1 aromatic heterocycles. The number of rotatable bonds is 6. The summed E-state index contributed by atoms with van der Waals surface area (Å²) in [5.41, 5.74) is 1.42. The number of benzene rings is 1. The van der Waals surface area contributed by atoms with Gasteiger partial charge in [-0.25, -0.2) is 0 Å². The highest BCUT2D eigenvalue weighted by molar-refractivity contribution is 5.81. The smallest absolute Gasteiger partial charge is 0.172 e. The molecule has 0 amide bonds. The highest BCUT2D eigenvalue weighted by Crippen LogP contribution is 2.31. The summed E-state index contributed by atoms with van der Waals surface area (Å²) in [6.07, 6.45) is 4.36. The summed E-state index contributed by atoms with van der Waals surface area (Å²) in [4.78, 5) is 11.0. The predicted molar refractivity (Wildman–Crippen MR) is 70.5 cm³/mol. The molecule has 0 saturated heterocycles. The lowest BCUT2D eigenvalue weighted by Gasteiger charge is -2.12. The minimum absolute atomic E-state index is 0.346. The van der Waals surface area contributed by atoms with E-state index in [0.29, 0.717) is 30.3 Å². The molecule has 1 heterocycles. The SMILES string of the molecule is CCOc1cccc(C=O)c1OCc1cnn(C)c1. The molecule has 1 aromatic carbocycles. The maximum absolute atomic E-state index is 11.0. The second kappa shape index (κ2) is 6.04. The van der Waals surface area contributed by atoms with Crippen molar-refractivity contribution in [3.05, 3.63) is 41.7 Å². The molecule has 0 saturated carbocycles. The minimum Gasteiger partial charge on any atom is -0.490 e. The Hall–Kier alpha value is -2.30. The van der Waals surface area contributed by atoms with Gasteiger partial charge in [-0.05, 0) is 19.1 Å². The summed E-state index contributed by atoms with van der Waals surface area (Å²) in [7, 11) is 1.84. The lowest BCUT2D eigenvalue weighted by atomic mass is 10.2. The van der Waals surface area contributed by atoms with Crippen LogP contribution in [0.5, 0.6) is 11.5 Å². The molecule has 0 N–H and O–H groups in total. The topological polar surface area (TPSA) is 53.4 Å². The van der Waals surface area contributed by atoms with Crippen molar-refractivity contribution >= 4 is 6.29 Å². The Bertz CT molecular complexity index is 564. The van der Waals surface area contributed by atoms with Crippen LogP contribution in [0.15, 0.2) is 30.6 Å². The van der Waals surface area contributed by atoms with Crippen LogP contribution in [0.1, 0.15) is 22.8 Å². The number of hydrogen-bond donors (Lipinski definition) is 0. The Labute approximate surface area is 111 Å². The van der Waals surface area contributed by atoms with E-state index in [2.05, 4.69) is 5.10 Å². The van der Waals surface area contributed by atoms with Crippen LogP contribution in [-0.2, 0) is 13.7 Å². The minimum atomic E-state index is 0.346. The van der Waals surface area contributed by atoms with Gasteiger partial charge in [-0.1, -0.05) is 6.07 Å². The highest BCUT2D eigenvalue weighted by Gasteiger charge is 2.11. The fourth-order valence-corrected chi connectivity index (χ4v) is 1.75. The first-order valence-electron chi connectivity index (χ1n) is 6.06. The van der Waals surface area contributed by atoms with Crippen LogP contribution in [0, 0.1) is 0 Å². The Morgan fingerprint density at radius 2 is 2.21 bits per heavy atom. The van der Waals surface area contributed by atoms with E-state index in [1.165, 1.54) is 0 Å². The lowest BCUT2D eigenvalue weighted by Crippen LogP contribution is -2.02. The van der Waals surface area contributed by atoms with Crippen LogP contribution in [0.4, 0.5) is 0 Å². The van der Waals surface area contributed by atoms with Crippen molar-refractivity contribution in [2.24, 2.45) is 7.05 Å². The molecule has 0 aliphatic heterocycles. The molecule has 0 fully saturated rings. The summed E-state index contributed by atoms with van der Waals surface area (Å²) in [5, 5.41) is 4.07. The average Bonchev–Trinajstić information content (AvgIpc) is 2.83. The third-order valence-corrected chi connectivity index (χ3v) is 2.58. The molecule has 0 atom stereocenters. The van der Waals surface area contributed by atoms with Gasteiger partial charge in [0.1, 0.15) is 6.61 Å². The number of para-hydroxylation sites is 1. The summed E-state index contributed by atoms with van der Waals surface area (Å²) < 4.78 is 12.9. The molecule has 0 aliphatic carbocycles. The van der Waals surface area contributed by atoms with Gasteiger partial charge < -0.3 is 9.47 Å². The zero-order valence-corrected chi connectivity index (χ0v) is 11.0. The van der Waals surface area contributed by atoms with Crippen LogP contribution in [-0.4, -0.2) is 22.7 Å². The zero-order valence-electron chi connectivity index (χ0n) is 11.0. The molecular formula is C14H16N2O3. The van der Waals surface area contributed by atoms with Crippen LogP contribution >= 0.6 is 0 Å². The van der Waals surface area contributed by atoms with Gasteiger partial charge in [0.05, 0.1) is 18.4 Å². The van der Waals surface area contributed by atoms with Gasteiger partial charge in [0.15, 0.2) is 17.8 Å². The Kier molecular flexibility index (Phi) is 4.18. The Balaban J connectivity index is 2.19. The molecule has 100 valence electrons. The van der Waals surface area contributed by atoms with Crippen molar-refractivity contribution in [2.45, 2.75) is 13.5 Å². The summed E-state index contributed by atoms with van der Waals surface area (Å²) in [5.74, 6) is 1.05. The molecule has 0 aliphatic rings. The quantitative estimate of drug-likeness (QED) is 0.747. The number of carbonyl (C=O) groups is 1. The Morgan fingerprint density at radius 3 is 2.84 bits per heavy atom. The fraction of sp³-hybridized carbons (Fsp3) is 0.286. The van der Waals surface area contributed by atoms with Crippen molar-refractivity contribution in [3.63, 3.8) is 0 Å². The van der Waals surface area contributed by atoms with Crippen molar-refractivity contribution in [1.82, 2.24) is 9.78 Å². The maximum atomic E-state index is 11.0. The van der Waals surface area contributed by atoms with E-state index in [1.807, 2.05) is 20.2 Å². The number of carbonyl (C=O) groups excluding carboxylic acids is 1. The molecule has 0 spiro atoms. The monoisotopic (exact) mass is 260 g/mol. The van der Waals surface area contributed by atoms with Crippen LogP contribution in [0.3, 0.4) is 0 Å². The van der Waals surface area contributed by atoms with Gasteiger partial charge in [0.2, 0.25) is 0 Å². The number of nitrogens with zero attached hydrogens (tertiary/aromatic N) is 2. The van der Waals surface area contributed by atoms with E-state index in [9.17, 15) is 4.79 Å². The molecule has 0 unspecified atom stereocenters. The number of aldehydes is 1. The molecule has 0 radical (unpaired) electrons. The first-order chi connectivity index (χ1) is 9.24. The number of aromatic nitrogens is 2. The highest BCUT2D eigenvalue weighted by atomic mass is 16.5. The van der Waals surface area contributed by atoms with Crippen LogP contribution < -0.4 is 9.47 Å². The van der Waals surface area contributed by atoms with Gasteiger partial charge in [0.25, 0.3) is 0 Å². The molecule has 2 rings (SSSR count). The average molecular weight is 260 g/mol. The fourth-order valence-electron chi connectivity index (χ4n) is 1.75. The molecule has 19 heavy (non-hydrogen) atoms. The van der Waals surface area contributed by atoms with Crippen molar-refractivity contribution < 1.29 is 14.3 Å². The molecule has 5 heteroatoms. The van der Waals surface area contributed by atoms with E-state index in [-0.39, 0.29) is 0 Å². The van der Waals surface area contributed by atoms with Gasteiger partial charge >= 0.3 is 0 Å². The summed E-state index contributed by atoms with van der Waals surface area (Å²) in [6, 6.07) is 5.26. The van der Waals surface area contributed by atoms with E-state index >= 15 is 0 Å². The largest absolute Gasteiger partial charge is 0.490 e. The van der Waals surface area contributed by atoms with Crippen molar-refractivity contribution in [3.8, 4) is 11.5 Å².